The van der Waals surface area contributed by atoms with Gasteiger partial charge in [-0.15, -0.1) is 12.4 Å². The highest BCUT2D eigenvalue weighted by Gasteiger charge is 2.38. The van der Waals surface area contributed by atoms with Gasteiger partial charge in [0.25, 0.3) is 5.91 Å². The maximum atomic E-state index is 13.5. The molecule has 134 valence electrons. The summed E-state index contributed by atoms with van der Waals surface area (Å²) in [7, 11) is 0. The van der Waals surface area contributed by atoms with Crippen molar-refractivity contribution in [1.82, 2.24) is 10.6 Å². The van der Waals surface area contributed by atoms with Crippen molar-refractivity contribution < 1.29 is 18.7 Å². The Hall–Kier alpha value is -1.70. The molecule has 0 saturated carbocycles. The van der Waals surface area contributed by atoms with Gasteiger partial charge in [0.1, 0.15) is 5.82 Å². The second-order valence-corrected chi connectivity index (χ2v) is 5.59. The minimum Gasteiger partial charge on any atom is -0.381 e. The first-order chi connectivity index (χ1) is 11.1. The van der Waals surface area contributed by atoms with Crippen molar-refractivity contribution in [3.63, 3.8) is 0 Å². The first kappa shape index (κ1) is 20.3. The van der Waals surface area contributed by atoms with Crippen LogP contribution in [0, 0.1) is 11.2 Å². The fraction of sp³-hybridized carbons (Fsp3) is 0.500. The number of carbonyl (C=O) groups excluding carboxylic acids is 2. The maximum Gasteiger partial charge on any atom is 0.254 e. The van der Waals surface area contributed by atoms with E-state index in [9.17, 15) is 14.0 Å². The number of halogens is 2. The number of nitrogens with one attached hydrogen (secondary N) is 2. The largest absolute Gasteiger partial charge is 0.381 e. The van der Waals surface area contributed by atoms with Gasteiger partial charge in [-0.3, -0.25) is 9.59 Å². The molecule has 0 aromatic heterocycles. The summed E-state index contributed by atoms with van der Waals surface area (Å²) in [5, 5.41) is 5.36. The van der Waals surface area contributed by atoms with Crippen LogP contribution in [0.4, 0.5) is 4.39 Å². The molecule has 0 bridgehead atoms. The van der Waals surface area contributed by atoms with Crippen LogP contribution in [0.25, 0.3) is 0 Å². The molecule has 0 aliphatic carbocycles. The lowest BCUT2D eigenvalue weighted by atomic mass is 9.79. The van der Waals surface area contributed by atoms with E-state index in [0.717, 1.165) is 0 Å². The molecule has 24 heavy (non-hydrogen) atoms. The number of benzene rings is 1. The minimum absolute atomic E-state index is 0. The van der Waals surface area contributed by atoms with Crippen molar-refractivity contribution in [2.24, 2.45) is 11.1 Å². The molecule has 1 aromatic rings. The van der Waals surface area contributed by atoms with E-state index >= 15 is 0 Å². The Morgan fingerprint density at radius 1 is 1.17 bits per heavy atom. The van der Waals surface area contributed by atoms with Crippen LogP contribution >= 0.6 is 12.4 Å². The number of carbonyl (C=O) groups is 2. The summed E-state index contributed by atoms with van der Waals surface area (Å²) >= 11 is 0. The van der Waals surface area contributed by atoms with Gasteiger partial charge in [-0.1, -0.05) is 12.1 Å². The number of ether oxygens (including phenoxy) is 1. The van der Waals surface area contributed by atoms with E-state index in [1.807, 2.05) is 0 Å². The zero-order chi connectivity index (χ0) is 16.7. The van der Waals surface area contributed by atoms with Crippen LogP contribution in [0.5, 0.6) is 0 Å². The van der Waals surface area contributed by atoms with Gasteiger partial charge in [-0.2, -0.15) is 0 Å². The van der Waals surface area contributed by atoms with Crippen molar-refractivity contribution in [3.8, 4) is 0 Å². The number of hydrogen-bond acceptors (Lipinski definition) is 4. The Labute approximate surface area is 146 Å². The predicted octanol–water partition coefficient (Wildman–Crippen LogP) is 0.849. The van der Waals surface area contributed by atoms with Crippen molar-refractivity contribution in [2.45, 2.75) is 12.8 Å². The number of nitrogens with two attached hydrogens (primary N) is 1. The third kappa shape index (κ3) is 4.90. The lowest BCUT2D eigenvalue weighted by Crippen LogP contribution is -2.50. The fourth-order valence-electron chi connectivity index (χ4n) is 2.57. The number of amides is 2. The second-order valence-electron chi connectivity index (χ2n) is 5.59. The van der Waals surface area contributed by atoms with Crippen molar-refractivity contribution in [1.29, 1.82) is 0 Å². The van der Waals surface area contributed by atoms with E-state index in [0.29, 0.717) is 26.1 Å². The minimum atomic E-state index is -0.589. The Balaban J connectivity index is 0.00000288. The topological polar surface area (TPSA) is 93.5 Å². The summed E-state index contributed by atoms with van der Waals surface area (Å²) in [5.41, 5.74) is 5.15. The molecule has 0 spiro atoms. The summed E-state index contributed by atoms with van der Waals surface area (Å²) in [6.45, 7) is 1.80. The summed E-state index contributed by atoms with van der Waals surface area (Å²) in [6.07, 6.45) is 1.19. The first-order valence-electron chi connectivity index (χ1n) is 7.68. The van der Waals surface area contributed by atoms with E-state index in [4.69, 9.17) is 10.5 Å². The molecule has 1 saturated heterocycles. The molecule has 1 aliphatic rings. The highest BCUT2D eigenvalue weighted by molar-refractivity contribution is 5.94. The molecule has 4 N–H and O–H groups in total. The molecule has 0 radical (unpaired) electrons. The molecule has 6 nitrogen and oxygen atoms in total. The second kappa shape index (κ2) is 9.56. The van der Waals surface area contributed by atoms with E-state index in [1.54, 1.807) is 6.07 Å². The van der Waals surface area contributed by atoms with E-state index in [2.05, 4.69) is 10.6 Å². The van der Waals surface area contributed by atoms with Crippen LogP contribution in [-0.2, 0) is 9.53 Å². The Morgan fingerprint density at radius 3 is 2.42 bits per heavy atom. The quantitative estimate of drug-likeness (QED) is 0.656. The zero-order valence-corrected chi connectivity index (χ0v) is 14.2. The van der Waals surface area contributed by atoms with Gasteiger partial charge in [-0.25, -0.2) is 4.39 Å². The normalized spacial score (nSPS) is 15.9. The monoisotopic (exact) mass is 359 g/mol. The van der Waals surface area contributed by atoms with Crippen molar-refractivity contribution >= 4 is 24.2 Å². The van der Waals surface area contributed by atoms with Gasteiger partial charge in [0, 0.05) is 32.8 Å². The predicted molar refractivity (Wildman–Crippen MR) is 90.5 cm³/mol. The van der Waals surface area contributed by atoms with Crippen LogP contribution in [0.1, 0.15) is 23.2 Å². The van der Waals surface area contributed by atoms with Crippen LogP contribution in [-0.4, -0.2) is 44.7 Å². The molecule has 1 aliphatic heterocycles. The van der Waals surface area contributed by atoms with Gasteiger partial charge in [0.2, 0.25) is 5.91 Å². The van der Waals surface area contributed by atoms with Crippen molar-refractivity contribution in [3.05, 3.63) is 35.6 Å². The van der Waals surface area contributed by atoms with Crippen LogP contribution in [0.2, 0.25) is 0 Å². The molecule has 0 unspecified atom stereocenters. The molecule has 2 amide bonds. The average molecular weight is 360 g/mol. The third-order valence-electron chi connectivity index (χ3n) is 4.14. The first-order valence-corrected chi connectivity index (χ1v) is 7.68. The summed E-state index contributed by atoms with van der Waals surface area (Å²) in [6, 6.07) is 5.75. The lowest BCUT2D eigenvalue weighted by Gasteiger charge is -2.34. The summed E-state index contributed by atoms with van der Waals surface area (Å²) in [5.74, 6) is -1.20. The summed E-state index contributed by atoms with van der Waals surface area (Å²) in [4.78, 5) is 24.1. The molecular formula is C16H23ClFN3O3. The van der Waals surface area contributed by atoms with E-state index < -0.39 is 17.1 Å². The molecule has 8 heteroatoms. The molecular weight excluding hydrogens is 337 g/mol. The van der Waals surface area contributed by atoms with Gasteiger partial charge >= 0.3 is 0 Å². The van der Waals surface area contributed by atoms with Gasteiger partial charge in [-0.05, 0) is 25.0 Å². The maximum absolute atomic E-state index is 13.5. The zero-order valence-electron chi connectivity index (χ0n) is 13.3. The number of rotatable bonds is 6. The van der Waals surface area contributed by atoms with Gasteiger partial charge in [0.05, 0.1) is 11.0 Å². The standard InChI is InChI=1S/C16H22FN3O3.ClH/c17-13-4-2-1-3-12(13)14(21)19-7-8-20-15(22)16(11-18)5-9-23-10-6-16;/h1-4H,5-11,18H2,(H,19,21)(H,20,22);1H. The smallest absolute Gasteiger partial charge is 0.254 e. The van der Waals surface area contributed by atoms with E-state index in [-0.39, 0.29) is 43.5 Å². The molecule has 2 rings (SSSR count). The highest BCUT2D eigenvalue weighted by atomic mass is 35.5. The fourth-order valence-corrected chi connectivity index (χ4v) is 2.57. The average Bonchev–Trinajstić information content (AvgIpc) is 2.59. The van der Waals surface area contributed by atoms with Crippen LogP contribution in [0.3, 0.4) is 0 Å². The van der Waals surface area contributed by atoms with Gasteiger partial charge in [0.15, 0.2) is 0 Å². The van der Waals surface area contributed by atoms with Crippen molar-refractivity contribution in [2.75, 3.05) is 32.8 Å². The van der Waals surface area contributed by atoms with Gasteiger partial charge < -0.3 is 21.1 Å². The Kier molecular flexibility index (Phi) is 8.10. The lowest BCUT2D eigenvalue weighted by molar-refractivity contribution is -0.135. The third-order valence-corrected chi connectivity index (χ3v) is 4.14. The Bertz CT molecular complexity index is 565. The molecule has 1 fully saturated rings. The summed E-state index contributed by atoms with van der Waals surface area (Å²) < 4.78 is 18.7. The number of hydrogen-bond donors (Lipinski definition) is 3. The highest BCUT2D eigenvalue weighted by Crippen LogP contribution is 2.29. The SMILES string of the molecule is Cl.NCC1(C(=O)NCCNC(=O)c2ccccc2F)CCOCC1. The van der Waals surface area contributed by atoms with Crippen LogP contribution < -0.4 is 16.4 Å². The molecule has 1 heterocycles. The molecule has 1 aromatic carbocycles. The Morgan fingerprint density at radius 2 is 1.79 bits per heavy atom. The molecule has 0 atom stereocenters. The van der Waals surface area contributed by atoms with Crippen LogP contribution in [0.15, 0.2) is 24.3 Å². The van der Waals surface area contributed by atoms with E-state index in [1.165, 1.54) is 18.2 Å².